The van der Waals surface area contributed by atoms with Crippen LogP contribution in [0.15, 0.2) is 18.2 Å². The Kier molecular flexibility index (Phi) is 5.18. The standard InChI is InChI=1S/C17H26N2O3/c1-20-15-7-13(8-16(9-15)21-2)10-18-11-17-12-19(5-6-22-17)14-3-4-14/h7-9,14,17-18H,3-6,10-12H2,1-2H3/t17-/m1/s1. The van der Waals surface area contributed by atoms with Crippen molar-refractivity contribution >= 4 is 0 Å². The molecule has 1 atom stereocenters. The molecule has 5 heteroatoms. The Balaban J connectivity index is 1.47. The van der Waals surface area contributed by atoms with E-state index in [2.05, 4.69) is 10.2 Å². The highest BCUT2D eigenvalue weighted by Gasteiger charge is 2.32. The van der Waals surface area contributed by atoms with Crippen LogP contribution in [-0.4, -0.2) is 57.5 Å². The van der Waals surface area contributed by atoms with Gasteiger partial charge in [-0.15, -0.1) is 0 Å². The second-order valence-corrected chi connectivity index (χ2v) is 6.07. The van der Waals surface area contributed by atoms with E-state index in [1.165, 1.54) is 12.8 Å². The van der Waals surface area contributed by atoms with Gasteiger partial charge in [0, 0.05) is 38.3 Å². The van der Waals surface area contributed by atoms with E-state index in [-0.39, 0.29) is 0 Å². The van der Waals surface area contributed by atoms with E-state index in [0.717, 1.165) is 55.9 Å². The molecule has 1 aromatic carbocycles. The maximum atomic E-state index is 5.86. The molecule has 0 spiro atoms. The number of rotatable bonds is 7. The maximum Gasteiger partial charge on any atom is 0.122 e. The fraction of sp³-hybridized carbons (Fsp3) is 0.647. The summed E-state index contributed by atoms with van der Waals surface area (Å²) >= 11 is 0. The first-order valence-corrected chi connectivity index (χ1v) is 8.07. The van der Waals surface area contributed by atoms with Gasteiger partial charge in [0.15, 0.2) is 0 Å². The monoisotopic (exact) mass is 306 g/mol. The molecule has 1 aliphatic heterocycles. The minimum absolute atomic E-state index is 0.293. The molecular weight excluding hydrogens is 280 g/mol. The number of hydrogen-bond acceptors (Lipinski definition) is 5. The molecule has 3 rings (SSSR count). The van der Waals surface area contributed by atoms with Crippen LogP contribution in [0.1, 0.15) is 18.4 Å². The van der Waals surface area contributed by atoms with E-state index in [9.17, 15) is 0 Å². The van der Waals surface area contributed by atoms with Crippen LogP contribution in [0, 0.1) is 0 Å². The number of nitrogens with one attached hydrogen (secondary N) is 1. The molecule has 0 bridgehead atoms. The van der Waals surface area contributed by atoms with Crippen molar-refractivity contribution in [1.29, 1.82) is 0 Å². The van der Waals surface area contributed by atoms with Gasteiger partial charge in [-0.2, -0.15) is 0 Å². The highest BCUT2D eigenvalue weighted by molar-refractivity contribution is 5.38. The van der Waals surface area contributed by atoms with Gasteiger partial charge in [-0.1, -0.05) is 0 Å². The number of morpholine rings is 1. The summed E-state index contributed by atoms with van der Waals surface area (Å²) in [5.41, 5.74) is 1.16. The Morgan fingerprint density at radius 3 is 2.55 bits per heavy atom. The fourth-order valence-electron chi connectivity index (χ4n) is 2.98. The van der Waals surface area contributed by atoms with Crippen molar-refractivity contribution in [3.05, 3.63) is 23.8 Å². The zero-order chi connectivity index (χ0) is 15.4. The van der Waals surface area contributed by atoms with Crippen LogP contribution in [0.5, 0.6) is 11.5 Å². The van der Waals surface area contributed by atoms with E-state index in [1.54, 1.807) is 14.2 Å². The number of hydrogen-bond donors (Lipinski definition) is 1. The molecule has 0 aromatic heterocycles. The van der Waals surface area contributed by atoms with Crippen LogP contribution in [-0.2, 0) is 11.3 Å². The van der Waals surface area contributed by atoms with Crippen molar-refractivity contribution in [2.45, 2.75) is 31.5 Å². The van der Waals surface area contributed by atoms with Gasteiger partial charge in [0.1, 0.15) is 11.5 Å². The van der Waals surface area contributed by atoms with E-state index in [0.29, 0.717) is 6.10 Å². The first-order valence-electron chi connectivity index (χ1n) is 8.07. The molecule has 1 saturated heterocycles. The average molecular weight is 306 g/mol. The van der Waals surface area contributed by atoms with Crippen LogP contribution in [0.3, 0.4) is 0 Å². The fourth-order valence-corrected chi connectivity index (χ4v) is 2.98. The zero-order valence-electron chi connectivity index (χ0n) is 13.5. The van der Waals surface area contributed by atoms with Crippen LogP contribution in [0.2, 0.25) is 0 Å². The molecular formula is C17H26N2O3. The summed E-state index contributed by atoms with van der Waals surface area (Å²) in [6.07, 6.45) is 3.02. The van der Waals surface area contributed by atoms with Crippen LogP contribution in [0.25, 0.3) is 0 Å². The molecule has 5 nitrogen and oxygen atoms in total. The smallest absolute Gasteiger partial charge is 0.122 e. The molecule has 0 amide bonds. The summed E-state index contributed by atoms with van der Waals surface area (Å²) in [5, 5.41) is 3.49. The minimum atomic E-state index is 0.293. The zero-order valence-corrected chi connectivity index (χ0v) is 13.5. The first kappa shape index (κ1) is 15.6. The summed E-state index contributed by atoms with van der Waals surface area (Å²) in [6, 6.07) is 6.79. The summed E-state index contributed by atoms with van der Waals surface area (Å²) < 4.78 is 16.5. The van der Waals surface area contributed by atoms with Crippen molar-refractivity contribution in [1.82, 2.24) is 10.2 Å². The maximum absolute atomic E-state index is 5.86. The number of ether oxygens (including phenoxy) is 3. The van der Waals surface area contributed by atoms with Gasteiger partial charge in [-0.25, -0.2) is 0 Å². The Bertz CT molecular complexity index is 469. The van der Waals surface area contributed by atoms with Crippen LogP contribution >= 0.6 is 0 Å². The van der Waals surface area contributed by atoms with E-state index in [1.807, 2.05) is 18.2 Å². The van der Waals surface area contributed by atoms with E-state index >= 15 is 0 Å². The lowest BCUT2D eigenvalue weighted by atomic mass is 10.2. The molecule has 1 N–H and O–H groups in total. The Labute approximate surface area is 132 Å². The van der Waals surface area contributed by atoms with Gasteiger partial charge >= 0.3 is 0 Å². The van der Waals surface area contributed by atoms with Gasteiger partial charge in [-0.05, 0) is 30.5 Å². The molecule has 2 fully saturated rings. The Morgan fingerprint density at radius 1 is 1.18 bits per heavy atom. The second kappa shape index (κ2) is 7.31. The van der Waals surface area contributed by atoms with Gasteiger partial charge in [-0.3, -0.25) is 4.90 Å². The van der Waals surface area contributed by atoms with E-state index < -0.39 is 0 Å². The topological polar surface area (TPSA) is 43.0 Å². The molecule has 122 valence electrons. The number of benzene rings is 1. The van der Waals surface area contributed by atoms with Crippen LogP contribution in [0.4, 0.5) is 0 Å². The molecule has 0 unspecified atom stereocenters. The molecule has 22 heavy (non-hydrogen) atoms. The lowest BCUT2D eigenvalue weighted by Crippen LogP contribution is -2.47. The van der Waals surface area contributed by atoms with Crippen molar-refractivity contribution in [2.24, 2.45) is 0 Å². The first-order chi connectivity index (χ1) is 10.8. The summed E-state index contributed by atoms with van der Waals surface area (Å²) in [4.78, 5) is 2.57. The second-order valence-electron chi connectivity index (χ2n) is 6.07. The van der Waals surface area contributed by atoms with Gasteiger partial charge in [0.25, 0.3) is 0 Å². The van der Waals surface area contributed by atoms with Gasteiger partial charge in [0.05, 0.1) is 26.9 Å². The minimum Gasteiger partial charge on any atom is -0.497 e. The van der Waals surface area contributed by atoms with Crippen LogP contribution < -0.4 is 14.8 Å². The molecule has 2 aliphatic rings. The van der Waals surface area contributed by atoms with Gasteiger partial charge < -0.3 is 19.5 Å². The Hall–Kier alpha value is -1.30. The third-order valence-corrected chi connectivity index (χ3v) is 4.35. The predicted molar refractivity (Wildman–Crippen MR) is 85.6 cm³/mol. The molecule has 1 aromatic rings. The normalized spacial score (nSPS) is 22.5. The Morgan fingerprint density at radius 2 is 1.91 bits per heavy atom. The average Bonchev–Trinajstić information content (AvgIpc) is 3.40. The quantitative estimate of drug-likeness (QED) is 0.830. The lowest BCUT2D eigenvalue weighted by molar-refractivity contribution is -0.0301. The van der Waals surface area contributed by atoms with Crippen molar-refractivity contribution in [3.8, 4) is 11.5 Å². The van der Waals surface area contributed by atoms with E-state index in [4.69, 9.17) is 14.2 Å². The largest absolute Gasteiger partial charge is 0.497 e. The highest BCUT2D eigenvalue weighted by atomic mass is 16.5. The molecule has 1 saturated carbocycles. The third kappa shape index (κ3) is 4.12. The molecule has 1 aliphatic carbocycles. The predicted octanol–water partition coefficient (Wildman–Crippen LogP) is 1.66. The SMILES string of the molecule is COc1cc(CNC[C@@H]2CN(C3CC3)CCO2)cc(OC)c1. The summed E-state index contributed by atoms with van der Waals surface area (Å²) in [6.45, 7) is 4.67. The molecule has 1 heterocycles. The summed E-state index contributed by atoms with van der Waals surface area (Å²) in [7, 11) is 3.35. The van der Waals surface area contributed by atoms with Crippen molar-refractivity contribution < 1.29 is 14.2 Å². The lowest BCUT2D eigenvalue weighted by Gasteiger charge is -2.33. The van der Waals surface area contributed by atoms with Crippen molar-refractivity contribution in [2.75, 3.05) is 40.5 Å². The number of nitrogens with zero attached hydrogens (tertiary/aromatic N) is 1. The number of methoxy groups -OCH3 is 2. The summed E-state index contributed by atoms with van der Waals surface area (Å²) in [5.74, 6) is 1.65. The van der Waals surface area contributed by atoms with Crippen molar-refractivity contribution in [3.63, 3.8) is 0 Å². The third-order valence-electron chi connectivity index (χ3n) is 4.35. The van der Waals surface area contributed by atoms with Gasteiger partial charge in [0.2, 0.25) is 0 Å². The molecule has 0 radical (unpaired) electrons. The highest BCUT2D eigenvalue weighted by Crippen LogP contribution is 2.28.